The Labute approximate surface area is 127 Å². The second kappa shape index (κ2) is 7.44. The van der Waals surface area contributed by atoms with Crippen molar-refractivity contribution in [2.24, 2.45) is 0 Å². The molecule has 0 aliphatic heterocycles. The minimum Gasteiger partial charge on any atom is -0.399 e. The Morgan fingerprint density at radius 3 is 2.52 bits per heavy atom. The molecule has 0 aliphatic rings. The number of nitrogens with one attached hydrogen (secondary N) is 2. The first-order chi connectivity index (χ1) is 10.1. The molecule has 1 heterocycles. The van der Waals surface area contributed by atoms with Crippen LogP contribution in [0.5, 0.6) is 0 Å². The van der Waals surface area contributed by atoms with Gasteiger partial charge in [0.15, 0.2) is 0 Å². The second-order valence-electron chi connectivity index (χ2n) is 4.48. The summed E-state index contributed by atoms with van der Waals surface area (Å²) in [6.45, 7) is 0.532. The number of carbonyl (C=O) groups excluding carboxylic acids is 2. The topological polar surface area (TPSA) is 84.2 Å². The third kappa shape index (κ3) is 4.92. The number of nitrogens with two attached hydrogens (primary N) is 1. The molecule has 1 aromatic carbocycles. The number of rotatable bonds is 6. The van der Waals surface area contributed by atoms with Crippen LogP contribution < -0.4 is 16.4 Å². The molecule has 0 fully saturated rings. The van der Waals surface area contributed by atoms with Crippen molar-refractivity contribution in [3.05, 3.63) is 52.2 Å². The number of nitrogen functional groups attached to an aromatic ring is 1. The number of amides is 2. The maximum absolute atomic E-state index is 11.8. The van der Waals surface area contributed by atoms with Crippen molar-refractivity contribution in [2.75, 3.05) is 18.8 Å². The molecule has 0 saturated carbocycles. The molecule has 0 saturated heterocycles. The molecule has 0 aliphatic carbocycles. The molecule has 6 heteroatoms. The van der Waals surface area contributed by atoms with Crippen molar-refractivity contribution < 1.29 is 9.59 Å². The van der Waals surface area contributed by atoms with Crippen molar-refractivity contribution in [3.63, 3.8) is 0 Å². The summed E-state index contributed by atoms with van der Waals surface area (Å²) in [4.78, 5) is 24.6. The van der Waals surface area contributed by atoms with Crippen LogP contribution in [0.2, 0.25) is 0 Å². The van der Waals surface area contributed by atoms with E-state index in [1.807, 2.05) is 17.5 Å². The predicted octanol–water partition coefficient (Wildman–Crippen LogP) is 1.42. The number of anilines is 1. The van der Waals surface area contributed by atoms with Gasteiger partial charge in [-0.3, -0.25) is 9.59 Å². The number of carbonyl (C=O) groups is 2. The summed E-state index contributed by atoms with van der Waals surface area (Å²) in [6, 6.07) is 10.6. The van der Waals surface area contributed by atoms with E-state index in [0.29, 0.717) is 17.8 Å². The van der Waals surface area contributed by atoms with Crippen LogP contribution in [0, 0.1) is 0 Å². The first-order valence-electron chi connectivity index (χ1n) is 6.58. The summed E-state index contributed by atoms with van der Waals surface area (Å²) in [5.74, 6) is -0.487. The van der Waals surface area contributed by atoms with E-state index in [-0.39, 0.29) is 18.4 Å². The summed E-state index contributed by atoms with van der Waals surface area (Å²) in [5, 5.41) is 7.35. The van der Waals surface area contributed by atoms with Crippen LogP contribution in [0.15, 0.2) is 41.8 Å². The van der Waals surface area contributed by atoms with Gasteiger partial charge in [-0.1, -0.05) is 6.07 Å². The lowest BCUT2D eigenvalue weighted by atomic mass is 10.2. The van der Waals surface area contributed by atoms with Gasteiger partial charge in [-0.25, -0.2) is 0 Å². The first kappa shape index (κ1) is 15.1. The average Bonchev–Trinajstić information content (AvgIpc) is 2.99. The number of thiophene rings is 1. The summed E-state index contributed by atoms with van der Waals surface area (Å²) in [7, 11) is 0. The van der Waals surface area contributed by atoms with Gasteiger partial charge in [0, 0.05) is 22.7 Å². The zero-order valence-electron chi connectivity index (χ0n) is 11.5. The minimum absolute atomic E-state index is 0.0341. The second-order valence-corrected chi connectivity index (χ2v) is 5.52. The van der Waals surface area contributed by atoms with Gasteiger partial charge in [0.25, 0.3) is 5.91 Å². The van der Waals surface area contributed by atoms with Crippen LogP contribution in [-0.2, 0) is 11.2 Å². The summed E-state index contributed by atoms with van der Waals surface area (Å²) < 4.78 is 0. The first-order valence-corrected chi connectivity index (χ1v) is 7.46. The third-order valence-electron chi connectivity index (χ3n) is 2.86. The summed E-state index contributed by atoms with van der Waals surface area (Å²) in [5.41, 5.74) is 6.63. The van der Waals surface area contributed by atoms with E-state index in [9.17, 15) is 9.59 Å². The minimum atomic E-state index is -0.289. The monoisotopic (exact) mass is 303 g/mol. The molecule has 2 aromatic rings. The fraction of sp³-hybridized carbons (Fsp3) is 0.200. The molecule has 5 nitrogen and oxygen atoms in total. The largest absolute Gasteiger partial charge is 0.399 e. The van der Waals surface area contributed by atoms with E-state index in [1.165, 1.54) is 4.88 Å². The Hall–Kier alpha value is -2.34. The molecule has 0 radical (unpaired) electrons. The van der Waals surface area contributed by atoms with E-state index in [2.05, 4.69) is 10.6 Å². The van der Waals surface area contributed by atoms with Crippen LogP contribution >= 0.6 is 11.3 Å². The van der Waals surface area contributed by atoms with Crippen LogP contribution in [-0.4, -0.2) is 24.9 Å². The zero-order chi connectivity index (χ0) is 15.1. The molecular formula is C15H17N3O2S. The van der Waals surface area contributed by atoms with Gasteiger partial charge in [0.1, 0.15) is 0 Å². The van der Waals surface area contributed by atoms with Gasteiger partial charge in [0.05, 0.1) is 6.54 Å². The molecule has 2 rings (SSSR count). The van der Waals surface area contributed by atoms with Gasteiger partial charge in [-0.05, 0) is 42.1 Å². The fourth-order valence-corrected chi connectivity index (χ4v) is 2.45. The average molecular weight is 303 g/mol. The van der Waals surface area contributed by atoms with Crippen LogP contribution in [0.3, 0.4) is 0 Å². The van der Waals surface area contributed by atoms with Gasteiger partial charge in [-0.2, -0.15) is 0 Å². The van der Waals surface area contributed by atoms with Crippen molar-refractivity contribution in [1.29, 1.82) is 0 Å². The molecule has 0 atom stereocenters. The number of hydrogen-bond acceptors (Lipinski definition) is 4. The van der Waals surface area contributed by atoms with Gasteiger partial charge < -0.3 is 16.4 Å². The quantitative estimate of drug-likeness (QED) is 0.706. The van der Waals surface area contributed by atoms with Gasteiger partial charge in [0.2, 0.25) is 5.91 Å². The lowest BCUT2D eigenvalue weighted by molar-refractivity contribution is -0.120. The molecule has 0 unspecified atom stereocenters. The molecule has 0 bridgehead atoms. The lowest BCUT2D eigenvalue weighted by Gasteiger charge is -2.06. The SMILES string of the molecule is Nc1ccc(C(=O)NCC(=O)NCCc2cccs2)cc1. The number of hydrogen-bond donors (Lipinski definition) is 3. The zero-order valence-corrected chi connectivity index (χ0v) is 12.3. The highest BCUT2D eigenvalue weighted by Gasteiger charge is 2.07. The molecule has 21 heavy (non-hydrogen) atoms. The molecule has 1 aromatic heterocycles. The third-order valence-corrected chi connectivity index (χ3v) is 3.79. The number of benzene rings is 1. The Bertz CT molecular complexity index is 594. The highest BCUT2D eigenvalue weighted by Crippen LogP contribution is 2.08. The van der Waals surface area contributed by atoms with Gasteiger partial charge >= 0.3 is 0 Å². The Morgan fingerprint density at radius 1 is 1.10 bits per heavy atom. The molecular weight excluding hydrogens is 286 g/mol. The van der Waals surface area contributed by atoms with E-state index in [1.54, 1.807) is 35.6 Å². The van der Waals surface area contributed by atoms with Crippen molar-refractivity contribution in [3.8, 4) is 0 Å². The highest BCUT2D eigenvalue weighted by molar-refractivity contribution is 7.09. The summed E-state index contributed by atoms with van der Waals surface area (Å²) >= 11 is 1.66. The lowest BCUT2D eigenvalue weighted by Crippen LogP contribution is -2.37. The van der Waals surface area contributed by atoms with E-state index >= 15 is 0 Å². The van der Waals surface area contributed by atoms with Crippen molar-refractivity contribution in [2.45, 2.75) is 6.42 Å². The summed E-state index contributed by atoms with van der Waals surface area (Å²) in [6.07, 6.45) is 0.801. The predicted molar refractivity (Wildman–Crippen MR) is 84.2 cm³/mol. The van der Waals surface area contributed by atoms with Gasteiger partial charge in [-0.15, -0.1) is 11.3 Å². The Morgan fingerprint density at radius 2 is 1.86 bits per heavy atom. The van der Waals surface area contributed by atoms with E-state index < -0.39 is 0 Å². The smallest absolute Gasteiger partial charge is 0.251 e. The van der Waals surface area contributed by atoms with E-state index in [4.69, 9.17) is 5.73 Å². The highest BCUT2D eigenvalue weighted by atomic mass is 32.1. The normalized spacial score (nSPS) is 10.1. The van der Waals surface area contributed by atoms with Crippen LogP contribution in [0.1, 0.15) is 15.2 Å². The van der Waals surface area contributed by atoms with Crippen LogP contribution in [0.25, 0.3) is 0 Å². The maximum Gasteiger partial charge on any atom is 0.251 e. The van der Waals surface area contributed by atoms with Crippen molar-refractivity contribution in [1.82, 2.24) is 10.6 Å². The van der Waals surface area contributed by atoms with Crippen LogP contribution in [0.4, 0.5) is 5.69 Å². The van der Waals surface area contributed by atoms with Crippen molar-refractivity contribution >= 4 is 28.8 Å². The molecule has 110 valence electrons. The fourth-order valence-electron chi connectivity index (χ4n) is 1.74. The standard InChI is InChI=1S/C15H17N3O2S/c16-12-5-3-11(4-6-12)15(20)18-10-14(19)17-8-7-13-2-1-9-21-13/h1-6,9H,7-8,10,16H2,(H,17,19)(H,18,20). The Kier molecular flexibility index (Phi) is 5.34. The molecule has 0 spiro atoms. The molecule has 4 N–H and O–H groups in total. The maximum atomic E-state index is 11.8. The molecule has 2 amide bonds. The van der Waals surface area contributed by atoms with E-state index in [0.717, 1.165) is 6.42 Å². The Balaban J connectivity index is 1.68.